The molecule has 3 nitrogen and oxygen atoms in total. The number of aromatic nitrogens is 2. The van der Waals surface area contributed by atoms with Crippen LogP contribution in [0.25, 0.3) is 0 Å². The summed E-state index contributed by atoms with van der Waals surface area (Å²) in [6.07, 6.45) is 1.43. The van der Waals surface area contributed by atoms with Crippen LogP contribution in [-0.2, 0) is 12.8 Å². The van der Waals surface area contributed by atoms with E-state index in [4.69, 9.17) is 0 Å². The van der Waals surface area contributed by atoms with E-state index in [1.807, 2.05) is 20.0 Å². The molecular formula is C15H18FN3. The summed E-state index contributed by atoms with van der Waals surface area (Å²) in [5.41, 5.74) is 2.99. The number of hydrogen-bond donors (Lipinski definition) is 1. The molecule has 0 aliphatic heterocycles. The molecule has 0 fully saturated rings. The second kappa shape index (κ2) is 5.78. The molecule has 0 unspecified atom stereocenters. The fourth-order valence-electron chi connectivity index (χ4n) is 2.19. The third kappa shape index (κ3) is 3.08. The van der Waals surface area contributed by atoms with Crippen molar-refractivity contribution < 1.29 is 4.39 Å². The summed E-state index contributed by atoms with van der Waals surface area (Å²) < 4.78 is 13.2. The van der Waals surface area contributed by atoms with E-state index in [1.165, 1.54) is 12.1 Å². The zero-order valence-corrected chi connectivity index (χ0v) is 11.5. The van der Waals surface area contributed by atoms with Gasteiger partial charge in [-0.15, -0.1) is 0 Å². The average molecular weight is 259 g/mol. The lowest BCUT2D eigenvalue weighted by atomic mass is 10.1. The van der Waals surface area contributed by atoms with Crippen LogP contribution in [0.15, 0.2) is 24.3 Å². The number of halogens is 1. The molecule has 1 N–H and O–H groups in total. The topological polar surface area (TPSA) is 37.8 Å². The van der Waals surface area contributed by atoms with Crippen LogP contribution in [0.5, 0.6) is 0 Å². The van der Waals surface area contributed by atoms with Crippen LogP contribution < -0.4 is 5.32 Å². The second-order valence-corrected chi connectivity index (χ2v) is 4.46. The molecule has 0 saturated carbocycles. The maximum atomic E-state index is 13.2. The summed E-state index contributed by atoms with van der Waals surface area (Å²) in [7, 11) is 1.85. The minimum atomic E-state index is -0.228. The van der Waals surface area contributed by atoms with Gasteiger partial charge in [-0.1, -0.05) is 19.1 Å². The minimum Gasteiger partial charge on any atom is -0.373 e. The van der Waals surface area contributed by atoms with Gasteiger partial charge >= 0.3 is 0 Å². The second-order valence-electron chi connectivity index (χ2n) is 4.46. The molecule has 1 heterocycles. The van der Waals surface area contributed by atoms with Crippen LogP contribution in [0.1, 0.15) is 29.6 Å². The van der Waals surface area contributed by atoms with Crippen molar-refractivity contribution in [3.8, 4) is 0 Å². The van der Waals surface area contributed by atoms with Crippen molar-refractivity contribution >= 4 is 5.82 Å². The number of anilines is 1. The Labute approximate surface area is 112 Å². The molecular weight excluding hydrogens is 241 g/mol. The first kappa shape index (κ1) is 13.5. The molecule has 0 radical (unpaired) electrons. The monoisotopic (exact) mass is 259 g/mol. The Morgan fingerprint density at radius 2 is 2.05 bits per heavy atom. The molecule has 2 aromatic rings. The average Bonchev–Trinajstić information content (AvgIpc) is 2.38. The quantitative estimate of drug-likeness (QED) is 0.916. The van der Waals surface area contributed by atoms with Crippen molar-refractivity contribution in [2.24, 2.45) is 0 Å². The smallest absolute Gasteiger partial charge is 0.135 e. The van der Waals surface area contributed by atoms with Gasteiger partial charge in [-0.3, -0.25) is 0 Å². The fraction of sp³-hybridized carbons (Fsp3) is 0.333. The van der Waals surface area contributed by atoms with Gasteiger partial charge in [0, 0.05) is 24.7 Å². The van der Waals surface area contributed by atoms with Crippen LogP contribution in [0.4, 0.5) is 10.2 Å². The van der Waals surface area contributed by atoms with Gasteiger partial charge in [-0.25, -0.2) is 14.4 Å². The van der Waals surface area contributed by atoms with E-state index in [-0.39, 0.29) is 5.82 Å². The Kier molecular flexibility index (Phi) is 4.10. The van der Waals surface area contributed by atoms with E-state index in [9.17, 15) is 4.39 Å². The Bertz CT molecular complexity index is 582. The molecule has 4 heteroatoms. The molecule has 0 saturated heterocycles. The zero-order valence-electron chi connectivity index (χ0n) is 11.5. The van der Waals surface area contributed by atoms with E-state index in [2.05, 4.69) is 22.2 Å². The van der Waals surface area contributed by atoms with Gasteiger partial charge in [0.05, 0.1) is 0 Å². The standard InChI is InChI=1S/C15H18FN3/c1-4-13-10(2)18-14(19-15(13)17-3)9-11-6-5-7-12(16)8-11/h5-8H,4,9H2,1-3H3,(H,17,18,19). The highest BCUT2D eigenvalue weighted by molar-refractivity contribution is 5.46. The van der Waals surface area contributed by atoms with E-state index < -0.39 is 0 Å². The van der Waals surface area contributed by atoms with Crippen LogP contribution in [0.3, 0.4) is 0 Å². The summed E-state index contributed by atoms with van der Waals surface area (Å²) >= 11 is 0. The van der Waals surface area contributed by atoms with E-state index in [0.29, 0.717) is 12.2 Å². The van der Waals surface area contributed by atoms with Gasteiger partial charge in [0.15, 0.2) is 0 Å². The van der Waals surface area contributed by atoms with Crippen LogP contribution in [0.2, 0.25) is 0 Å². The van der Waals surface area contributed by atoms with Crippen molar-refractivity contribution in [1.82, 2.24) is 9.97 Å². The molecule has 0 spiro atoms. The van der Waals surface area contributed by atoms with Crippen molar-refractivity contribution in [1.29, 1.82) is 0 Å². The molecule has 1 aromatic carbocycles. The molecule has 1 aromatic heterocycles. The number of rotatable bonds is 4. The Morgan fingerprint density at radius 3 is 2.68 bits per heavy atom. The molecule has 0 amide bonds. The van der Waals surface area contributed by atoms with Gasteiger partial charge in [0.25, 0.3) is 0 Å². The van der Waals surface area contributed by atoms with Gasteiger partial charge in [-0.05, 0) is 31.0 Å². The van der Waals surface area contributed by atoms with E-state index >= 15 is 0 Å². The minimum absolute atomic E-state index is 0.228. The van der Waals surface area contributed by atoms with Crippen molar-refractivity contribution in [3.05, 3.63) is 52.7 Å². The zero-order chi connectivity index (χ0) is 13.8. The maximum Gasteiger partial charge on any atom is 0.135 e. The highest BCUT2D eigenvalue weighted by atomic mass is 19.1. The first-order chi connectivity index (χ1) is 9.13. The Morgan fingerprint density at radius 1 is 1.26 bits per heavy atom. The highest BCUT2D eigenvalue weighted by Crippen LogP contribution is 2.18. The SMILES string of the molecule is CCc1c(C)nc(Cc2cccc(F)c2)nc1NC. The first-order valence-corrected chi connectivity index (χ1v) is 6.42. The largest absolute Gasteiger partial charge is 0.373 e. The predicted octanol–water partition coefficient (Wildman–Crippen LogP) is 3.12. The van der Waals surface area contributed by atoms with E-state index in [0.717, 1.165) is 29.1 Å². The van der Waals surface area contributed by atoms with Crippen LogP contribution >= 0.6 is 0 Å². The molecule has 19 heavy (non-hydrogen) atoms. The summed E-state index contributed by atoms with van der Waals surface area (Å²) in [6, 6.07) is 6.55. The van der Waals surface area contributed by atoms with E-state index in [1.54, 1.807) is 6.07 Å². The number of nitrogens with zero attached hydrogens (tertiary/aromatic N) is 2. The van der Waals surface area contributed by atoms with Crippen molar-refractivity contribution in [2.75, 3.05) is 12.4 Å². The lowest BCUT2D eigenvalue weighted by molar-refractivity contribution is 0.625. The number of nitrogens with one attached hydrogen (secondary N) is 1. The lowest BCUT2D eigenvalue weighted by Crippen LogP contribution is -2.07. The van der Waals surface area contributed by atoms with Gasteiger partial charge < -0.3 is 5.32 Å². The first-order valence-electron chi connectivity index (χ1n) is 6.42. The van der Waals surface area contributed by atoms with Gasteiger partial charge in [-0.2, -0.15) is 0 Å². The van der Waals surface area contributed by atoms with Gasteiger partial charge in [0.2, 0.25) is 0 Å². The summed E-state index contributed by atoms with van der Waals surface area (Å²) in [6.45, 7) is 4.06. The van der Waals surface area contributed by atoms with Gasteiger partial charge in [0.1, 0.15) is 17.5 Å². The fourth-order valence-corrected chi connectivity index (χ4v) is 2.19. The summed E-state index contributed by atoms with van der Waals surface area (Å²) in [5.74, 6) is 1.35. The van der Waals surface area contributed by atoms with Crippen LogP contribution in [0, 0.1) is 12.7 Å². The molecule has 0 aliphatic rings. The maximum absolute atomic E-state index is 13.2. The number of benzene rings is 1. The lowest BCUT2D eigenvalue weighted by Gasteiger charge is -2.11. The molecule has 0 aliphatic carbocycles. The Balaban J connectivity index is 2.33. The molecule has 0 bridgehead atoms. The third-order valence-electron chi connectivity index (χ3n) is 3.10. The molecule has 100 valence electrons. The number of hydrogen-bond acceptors (Lipinski definition) is 3. The molecule has 2 rings (SSSR count). The number of aryl methyl sites for hydroxylation is 1. The Hall–Kier alpha value is -1.97. The third-order valence-corrected chi connectivity index (χ3v) is 3.10. The molecule has 0 atom stereocenters. The highest BCUT2D eigenvalue weighted by Gasteiger charge is 2.09. The normalized spacial score (nSPS) is 10.5. The predicted molar refractivity (Wildman–Crippen MR) is 74.9 cm³/mol. The summed E-state index contributed by atoms with van der Waals surface area (Å²) in [4.78, 5) is 9.01. The van der Waals surface area contributed by atoms with Crippen LogP contribution in [-0.4, -0.2) is 17.0 Å². The van der Waals surface area contributed by atoms with Crippen molar-refractivity contribution in [2.45, 2.75) is 26.7 Å². The summed E-state index contributed by atoms with van der Waals surface area (Å²) in [5, 5.41) is 3.10. The van der Waals surface area contributed by atoms with Crippen molar-refractivity contribution in [3.63, 3.8) is 0 Å².